The predicted molar refractivity (Wildman–Crippen MR) is 139 cm³/mol. The van der Waals surface area contributed by atoms with E-state index in [4.69, 9.17) is 0 Å². The highest BCUT2D eigenvalue weighted by Gasteiger charge is 2.34. The summed E-state index contributed by atoms with van der Waals surface area (Å²) in [6.45, 7) is 3.02. The fraction of sp³-hybridized carbons (Fsp3) is 0.222. The number of pyridine rings is 2. The largest absolute Gasteiger partial charge is 0.416 e. The van der Waals surface area contributed by atoms with Crippen molar-refractivity contribution in [2.45, 2.75) is 12.7 Å². The van der Waals surface area contributed by atoms with Crippen LogP contribution in [0.1, 0.15) is 22.3 Å². The van der Waals surface area contributed by atoms with E-state index in [1.807, 2.05) is 17.0 Å². The Morgan fingerprint density at radius 3 is 2.63 bits per heavy atom. The maximum atomic E-state index is 13.8. The van der Waals surface area contributed by atoms with E-state index in [0.29, 0.717) is 18.7 Å². The van der Waals surface area contributed by atoms with Crippen LogP contribution in [0.2, 0.25) is 0 Å². The average Bonchev–Trinajstić information content (AvgIpc) is 3.37. The molecule has 0 atom stereocenters. The minimum absolute atomic E-state index is 0.0301. The van der Waals surface area contributed by atoms with Crippen molar-refractivity contribution in [3.05, 3.63) is 83.3 Å². The first-order valence-electron chi connectivity index (χ1n) is 12.0. The number of hydrogen-bond acceptors (Lipinski definition) is 5. The van der Waals surface area contributed by atoms with Crippen molar-refractivity contribution in [3.8, 4) is 11.8 Å². The Hall–Kier alpha value is -4.40. The van der Waals surface area contributed by atoms with Crippen molar-refractivity contribution in [1.29, 1.82) is 0 Å². The number of benzene rings is 1. The van der Waals surface area contributed by atoms with Crippen LogP contribution in [0.15, 0.2) is 61.1 Å². The molecule has 2 amide bonds. The molecule has 0 spiro atoms. The van der Waals surface area contributed by atoms with Crippen LogP contribution in [0.3, 0.4) is 0 Å². The summed E-state index contributed by atoms with van der Waals surface area (Å²) in [6.07, 6.45) is 0.392. The van der Waals surface area contributed by atoms with Gasteiger partial charge < -0.3 is 15.6 Å². The Labute approximate surface area is 216 Å². The molecule has 5 rings (SSSR count). The number of alkyl halides is 3. The molecule has 0 radical (unpaired) electrons. The number of amides is 2. The number of carbonyl (C=O) groups is 1. The van der Waals surface area contributed by atoms with E-state index in [-0.39, 0.29) is 23.6 Å². The number of urea groups is 1. The van der Waals surface area contributed by atoms with Gasteiger partial charge in [0.1, 0.15) is 11.5 Å². The quantitative estimate of drug-likeness (QED) is 0.299. The van der Waals surface area contributed by atoms with Crippen LogP contribution in [0.4, 0.5) is 29.5 Å². The molecule has 4 N–H and O–H groups in total. The molecule has 38 heavy (non-hydrogen) atoms. The third-order valence-electron chi connectivity index (χ3n) is 6.03. The second-order valence-electron chi connectivity index (χ2n) is 8.79. The maximum absolute atomic E-state index is 13.8. The Kier molecular flexibility index (Phi) is 7.26. The molecule has 0 unspecified atom stereocenters. The zero-order valence-electron chi connectivity index (χ0n) is 20.2. The third-order valence-corrected chi connectivity index (χ3v) is 6.03. The Morgan fingerprint density at radius 2 is 1.82 bits per heavy atom. The molecule has 1 saturated heterocycles. The lowest BCUT2D eigenvalue weighted by molar-refractivity contribution is -0.138. The first kappa shape index (κ1) is 25.3. The summed E-state index contributed by atoms with van der Waals surface area (Å²) in [4.78, 5) is 25.9. The summed E-state index contributed by atoms with van der Waals surface area (Å²) >= 11 is 0. The molecule has 4 aromatic rings. The number of aromatic amines is 1. The lowest BCUT2D eigenvalue weighted by Crippen LogP contribution is -2.43. The maximum Gasteiger partial charge on any atom is 0.416 e. The molecule has 4 heterocycles. The van der Waals surface area contributed by atoms with E-state index in [1.165, 1.54) is 18.3 Å². The topological polar surface area (TPSA) is 98.0 Å². The normalized spacial score (nSPS) is 14.1. The van der Waals surface area contributed by atoms with Gasteiger partial charge in [-0.15, -0.1) is 0 Å². The van der Waals surface area contributed by atoms with Crippen LogP contribution in [0.5, 0.6) is 0 Å². The van der Waals surface area contributed by atoms with Gasteiger partial charge in [-0.05, 0) is 42.0 Å². The highest BCUT2D eigenvalue weighted by molar-refractivity contribution is 5.99. The molecule has 8 nitrogen and oxygen atoms in total. The van der Waals surface area contributed by atoms with E-state index in [9.17, 15) is 18.0 Å². The second kappa shape index (κ2) is 10.9. The fourth-order valence-electron chi connectivity index (χ4n) is 4.17. The third kappa shape index (κ3) is 6.29. The van der Waals surface area contributed by atoms with E-state index in [1.54, 1.807) is 24.5 Å². The molecule has 1 fully saturated rings. The lowest BCUT2D eigenvalue weighted by atomic mass is 10.0. The van der Waals surface area contributed by atoms with E-state index in [2.05, 4.69) is 42.7 Å². The lowest BCUT2D eigenvalue weighted by Gasteiger charge is -2.28. The Balaban J connectivity index is 1.26. The zero-order chi connectivity index (χ0) is 26.5. The average molecular weight is 520 g/mol. The van der Waals surface area contributed by atoms with E-state index >= 15 is 0 Å². The molecule has 3 aromatic heterocycles. The van der Waals surface area contributed by atoms with Crippen molar-refractivity contribution >= 4 is 28.6 Å². The van der Waals surface area contributed by atoms with Gasteiger partial charge in [-0.1, -0.05) is 17.9 Å². The number of hydrogen-bond donors (Lipinski definition) is 4. The van der Waals surface area contributed by atoms with E-state index < -0.39 is 17.8 Å². The fourth-order valence-corrected chi connectivity index (χ4v) is 4.17. The number of rotatable bonds is 4. The van der Waals surface area contributed by atoms with Gasteiger partial charge in [-0.3, -0.25) is 10.2 Å². The van der Waals surface area contributed by atoms with Crippen LogP contribution in [-0.2, 0) is 12.7 Å². The number of nitrogens with zero attached hydrogens (tertiary/aromatic N) is 3. The van der Waals surface area contributed by atoms with Crippen molar-refractivity contribution in [2.75, 3.05) is 36.8 Å². The summed E-state index contributed by atoms with van der Waals surface area (Å²) in [5.74, 6) is 6.23. The molecule has 0 bridgehead atoms. The van der Waals surface area contributed by atoms with E-state index in [0.717, 1.165) is 35.8 Å². The van der Waals surface area contributed by atoms with Gasteiger partial charge >= 0.3 is 12.2 Å². The number of halogens is 3. The van der Waals surface area contributed by atoms with Crippen molar-refractivity contribution in [2.24, 2.45) is 0 Å². The minimum atomic E-state index is -4.55. The predicted octanol–water partition coefficient (Wildman–Crippen LogP) is 4.43. The van der Waals surface area contributed by atoms with Gasteiger partial charge in [0.15, 0.2) is 0 Å². The van der Waals surface area contributed by atoms with Gasteiger partial charge in [0.05, 0.1) is 5.56 Å². The molecule has 1 aliphatic heterocycles. The summed E-state index contributed by atoms with van der Waals surface area (Å²) in [6, 6.07) is 10.2. The van der Waals surface area contributed by atoms with Crippen molar-refractivity contribution < 1.29 is 18.0 Å². The molecule has 194 valence electrons. The summed E-state index contributed by atoms with van der Waals surface area (Å²) in [5.41, 5.74) is 1.53. The number of anilines is 2. The minimum Gasteiger partial charge on any atom is -0.346 e. The number of aromatic nitrogens is 3. The first-order valence-corrected chi connectivity index (χ1v) is 12.0. The van der Waals surface area contributed by atoms with Gasteiger partial charge in [0.2, 0.25) is 0 Å². The summed E-state index contributed by atoms with van der Waals surface area (Å²) in [5, 5.41) is 9.14. The highest BCUT2D eigenvalue weighted by atomic mass is 19.4. The van der Waals surface area contributed by atoms with Crippen molar-refractivity contribution in [3.63, 3.8) is 0 Å². The van der Waals surface area contributed by atoms with Crippen LogP contribution < -0.4 is 16.0 Å². The van der Waals surface area contributed by atoms with Crippen LogP contribution in [0.25, 0.3) is 11.0 Å². The number of carbonyl (C=O) groups excluding carboxylic acids is 1. The van der Waals surface area contributed by atoms with Gasteiger partial charge in [-0.2, -0.15) is 13.2 Å². The monoisotopic (exact) mass is 519 g/mol. The molecule has 11 heteroatoms. The standard InChI is InChI=1S/C27H24F3N7O/c28-27(29,30)23-15-22(4-3-21(23)17-37-11-9-31-10-12-37)35-26(38)36-24-14-18(5-7-32-24)1-2-19-13-20-6-8-33-25(20)34-16-19/h3-8,13-16,31H,9-12,17H2,(H,33,34)(H2,32,35,36,38). The Bertz CT molecular complexity index is 1510. The highest BCUT2D eigenvalue weighted by Crippen LogP contribution is 2.34. The second-order valence-corrected chi connectivity index (χ2v) is 8.79. The van der Waals surface area contributed by atoms with Crippen molar-refractivity contribution in [1.82, 2.24) is 25.2 Å². The molecule has 1 aromatic carbocycles. The number of nitrogens with one attached hydrogen (secondary N) is 4. The number of H-pyrrole nitrogens is 1. The summed E-state index contributed by atoms with van der Waals surface area (Å²) < 4.78 is 41.3. The van der Waals surface area contributed by atoms with Crippen LogP contribution in [0, 0.1) is 11.8 Å². The Morgan fingerprint density at radius 1 is 1.00 bits per heavy atom. The first-order chi connectivity index (χ1) is 18.3. The SMILES string of the molecule is O=C(Nc1ccc(CN2CCNCC2)c(C(F)(F)F)c1)Nc1cc(C#Cc2cnc3[nH]ccc3c2)ccn1. The summed E-state index contributed by atoms with van der Waals surface area (Å²) in [7, 11) is 0. The molecule has 0 aliphatic carbocycles. The number of piperazine rings is 1. The molecule has 0 saturated carbocycles. The molecular formula is C27H24F3N7O. The van der Waals surface area contributed by atoms with Crippen LogP contribution >= 0.6 is 0 Å². The number of fused-ring (bicyclic) bond motifs is 1. The van der Waals surface area contributed by atoms with Crippen LogP contribution in [-0.4, -0.2) is 52.1 Å². The molecular weight excluding hydrogens is 495 g/mol. The zero-order valence-corrected chi connectivity index (χ0v) is 20.2. The van der Waals surface area contributed by atoms with Gasteiger partial charge in [0.25, 0.3) is 0 Å². The van der Waals surface area contributed by atoms with Gasteiger partial charge in [-0.25, -0.2) is 14.8 Å². The molecule has 1 aliphatic rings. The smallest absolute Gasteiger partial charge is 0.346 e. The van der Waals surface area contributed by atoms with Gasteiger partial charge in [0, 0.05) is 73.5 Å².